The summed E-state index contributed by atoms with van der Waals surface area (Å²) in [5.74, 6) is -0.0394. The predicted molar refractivity (Wildman–Crippen MR) is 85.7 cm³/mol. The molecule has 1 amide bonds. The average molecular weight is 301 g/mol. The summed E-state index contributed by atoms with van der Waals surface area (Å²) in [6.07, 6.45) is 2.44. The van der Waals surface area contributed by atoms with Gasteiger partial charge < -0.3 is 10.6 Å². The molecule has 2 aromatic rings. The molecule has 0 unspecified atom stereocenters. The number of anilines is 2. The second-order valence-corrected chi connectivity index (χ2v) is 5.47. The zero-order valence-corrected chi connectivity index (χ0v) is 12.8. The van der Waals surface area contributed by atoms with Crippen molar-refractivity contribution in [3.63, 3.8) is 0 Å². The number of halogens is 1. The van der Waals surface area contributed by atoms with Crippen LogP contribution in [0.2, 0.25) is 0 Å². The van der Waals surface area contributed by atoms with Gasteiger partial charge in [-0.05, 0) is 36.6 Å². The Labute approximate surface area is 129 Å². The molecule has 0 saturated heterocycles. The number of carbonyl (C=O) groups excluding carboxylic acids is 1. The van der Waals surface area contributed by atoms with E-state index < -0.39 is 0 Å². The summed E-state index contributed by atoms with van der Waals surface area (Å²) in [7, 11) is 0. The zero-order valence-electron chi connectivity index (χ0n) is 12.8. The molecule has 2 rings (SSSR count). The van der Waals surface area contributed by atoms with Crippen LogP contribution in [0.25, 0.3) is 0 Å². The third kappa shape index (κ3) is 4.55. The molecule has 0 aliphatic rings. The lowest BCUT2D eigenvalue weighted by atomic mass is 10.1. The van der Waals surface area contributed by atoms with Crippen molar-refractivity contribution < 1.29 is 9.18 Å². The van der Waals surface area contributed by atoms with E-state index >= 15 is 0 Å². The summed E-state index contributed by atoms with van der Waals surface area (Å²) in [6.45, 7) is 4.82. The number of nitrogens with one attached hydrogen (secondary N) is 2. The van der Waals surface area contributed by atoms with Gasteiger partial charge in [-0.15, -0.1) is 0 Å². The first-order valence-corrected chi connectivity index (χ1v) is 7.32. The SMILES string of the molecule is CC(C)CCNC(=O)c1cc(Nc2ccccc2F)ccn1. The Morgan fingerprint density at radius 1 is 1.27 bits per heavy atom. The van der Waals surface area contributed by atoms with Crippen molar-refractivity contribution in [2.75, 3.05) is 11.9 Å². The highest BCUT2D eigenvalue weighted by Gasteiger charge is 2.08. The van der Waals surface area contributed by atoms with Crippen molar-refractivity contribution in [2.45, 2.75) is 20.3 Å². The standard InChI is InChI=1S/C17H20FN3O/c1-12(2)7-9-20-17(22)16-11-13(8-10-19-16)21-15-6-4-3-5-14(15)18/h3-6,8,10-12H,7,9H2,1-2H3,(H,19,21)(H,20,22). The van der Waals surface area contributed by atoms with Crippen LogP contribution in [0.3, 0.4) is 0 Å². The fraction of sp³-hybridized carbons (Fsp3) is 0.294. The third-order valence-electron chi connectivity index (χ3n) is 3.15. The molecule has 0 fully saturated rings. The molecule has 2 N–H and O–H groups in total. The van der Waals surface area contributed by atoms with Crippen molar-refractivity contribution >= 4 is 17.3 Å². The third-order valence-corrected chi connectivity index (χ3v) is 3.15. The first-order chi connectivity index (χ1) is 10.6. The minimum absolute atomic E-state index is 0.224. The Morgan fingerprint density at radius 3 is 2.77 bits per heavy atom. The van der Waals surface area contributed by atoms with Gasteiger partial charge >= 0.3 is 0 Å². The smallest absolute Gasteiger partial charge is 0.269 e. The number of benzene rings is 1. The molecule has 116 valence electrons. The maximum atomic E-state index is 13.6. The monoisotopic (exact) mass is 301 g/mol. The van der Waals surface area contributed by atoms with Crippen LogP contribution in [0.1, 0.15) is 30.8 Å². The molecule has 0 bridgehead atoms. The molecule has 0 atom stereocenters. The molecule has 0 aliphatic carbocycles. The molecule has 1 heterocycles. The first kappa shape index (κ1) is 15.9. The zero-order chi connectivity index (χ0) is 15.9. The Kier molecular flexibility index (Phi) is 5.47. The molecule has 0 spiro atoms. The highest BCUT2D eigenvalue weighted by Crippen LogP contribution is 2.19. The lowest BCUT2D eigenvalue weighted by Gasteiger charge is -2.09. The molecule has 0 radical (unpaired) electrons. The summed E-state index contributed by atoms with van der Waals surface area (Å²) in [5.41, 5.74) is 1.29. The number of para-hydroxylation sites is 1. The molecule has 0 saturated carbocycles. The lowest BCUT2D eigenvalue weighted by Crippen LogP contribution is -2.26. The number of amides is 1. The molecule has 22 heavy (non-hydrogen) atoms. The van der Waals surface area contributed by atoms with E-state index in [2.05, 4.69) is 29.5 Å². The van der Waals surface area contributed by atoms with Crippen LogP contribution in [0, 0.1) is 11.7 Å². The highest BCUT2D eigenvalue weighted by atomic mass is 19.1. The van der Waals surface area contributed by atoms with Gasteiger partial charge in [0.05, 0.1) is 5.69 Å². The van der Waals surface area contributed by atoms with Crippen molar-refractivity contribution in [3.05, 3.63) is 54.1 Å². The second kappa shape index (κ2) is 7.54. The van der Waals surface area contributed by atoms with Crippen LogP contribution in [-0.2, 0) is 0 Å². The van der Waals surface area contributed by atoms with Crippen LogP contribution in [0.4, 0.5) is 15.8 Å². The van der Waals surface area contributed by atoms with Crippen LogP contribution in [0.15, 0.2) is 42.6 Å². The molecule has 5 heteroatoms. The van der Waals surface area contributed by atoms with E-state index in [1.807, 2.05) is 0 Å². The summed E-state index contributed by atoms with van der Waals surface area (Å²) < 4.78 is 13.6. The van der Waals surface area contributed by atoms with Gasteiger partial charge in [-0.2, -0.15) is 0 Å². The van der Waals surface area contributed by atoms with Gasteiger partial charge in [0.1, 0.15) is 11.5 Å². The first-order valence-electron chi connectivity index (χ1n) is 7.32. The summed E-state index contributed by atoms with van der Waals surface area (Å²) in [5, 5.41) is 5.78. The Morgan fingerprint density at radius 2 is 2.05 bits per heavy atom. The lowest BCUT2D eigenvalue weighted by molar-refractivity contribution is 0.0947. The Hall–Kier alpha value is -2.43. The van der Waals surface area contributed by atoms with Gasteiger partial charge in [-0.1, -0.05) is 26.0 Å². The van der Waals surface area contributed by atoms with Crippen LogP contribution in [0.5, 0.6) is 0 Å². The summed E-state index contributed by atoms with van der Waals surface area (Å²) in [6, 6.07) is 9.68. The minimum atomic E-state index is -0.345. The van der Waals surface area contributed by atoms with Crippen LogP contribution in [-0.4, -0.2) is 17.4 Å². The quantitative estimate of drug-likeness (QED) is 0.854. The van der Waals surface area contributed by atoms with Gasteiger partial charge in [0.2, 0.25) is 0 Å². The maximum absolute atomic E-state index is 13.6. The molecular weight excluding hydrogens is 281 g/mol. The number of aromatic nitrogens is 1. The largest absolute Gasteiger partial charge is 0.353 e. The predicted octanol–water partition coefficient (Wildman–Crippen LogP) is 3.74. The topological polar surface area (TPSA) is 54.0 Å². The van der Waals surface area contributed by atoms with Gasteiger partial charge in [-0.25, -0.2) is 4.39 Å². The van der Waals surface area contributed by atoms with Crippen molar-refractivity contribution in [2.24, 2.45) is 5.92 Å². The summed E-state index contributed by atoms with van der Waals surface area (Å²) in [4.78, 5) is 16.1. The molecule has 1 aromatic heterocycles. The number of rotatable bonds is 6. The number of carbonyl (C=O) groups is 1. The number of hydrogen-bond donors (Lipinski definition) is 2. The van der Waals surface area contributed by atoms with Gasteiger partial charge in [0.15, 0.2) is 0 Å². The van der Waals surface area contributed by atoms with Gasteiger partial charge in [0.25, 0.3) is 5.91 Å². The van der Waals surface area contributed by atoms with E-state index in [1.165, 1.54) is 12.3 Å². The van der Waals surface area contributed by atoms with Gasteiger partial charge in [0, 0.05) is 18.4 Å². The molecule has 4 nitrogen and oxygen atoms in total. The average Bonchev–Trinajstić information content (AvgIpc) is 2.49. The minimum Gasteiger partial charge on any atom is -0.353 e. The molecule has 1 aromatic carbocycles. The van der Waals surface area contributed by atoms with E-state index in [1.54, 1.807) is 30.3 Å². The van der Waals surface area contributed by atoms with Crippen LogP contribution < -0.4 is 10.6 Å². The number of nitrogens with zero attached hydrogens (tertiary/aromatic N) is 1. The number of pyridine rings is 1. The summed E-state index contributed by atoms with van der Waals surface area (Å²) >= 11 is 0. The van der Waals surface area contributed by atoms with Gasteiger partial charge in [-0.3, -0.25) is 9.78 Å². The van der Waals surface area contributed by atoms with Crippen molar-refractivity contribution in [1.29, 1.82) is 0 Å². The van der Waals surface area contributed by atoms with E-state index in [-0.39, 0.29) is 11.7 Å². The van der Waals surface area contributed by atoms with Crippen LogP contribution >= 0.6 is 0 Å². The molecule has 0 aliphatic heterocycles. The fourth-order valence-corrected chi connectivity index (χ4v) is 1.92. The Balaban J connectivity index is 2.03. The normalized spacial score (nSPS) is 10.5. The Bertz CT molecular complexity index is 643. The van der Waals surface area contributed by atoms with Crippen molar-refractivity contribution in [3.8, 4) is 0 Å². The van der Waals surface area contributed by atoms with E-state index in [9.17, 15) is 9.18 Å². The second-order valence-electron chi connectivity index (χ2n) is 5.47. The van der Waals surface area contributed by atoms with E-state index in [4.69, 9.17) is 0 Å². The van der Waals surface area contributed by atoms with E-state index in [0.29, 0.717) is 29.5 Å². The fourth-order valence-electron chi connectivity index (χ4n) is 1.92. The van der Waals surface area contributed by atoms with E-state index in [0.717, 1.165) is 6.42 Å². The maximum Gasteiger partial charge on any atom is 0.269 e. The number of hydrogen-bond acceptors (Lipinski definition) is 3. The van der Waals surface area contributed by atoms with Crippen molar-refractivity contribution in [1.82, 2.24) is 10.3 Å². The highest BCUT2D eigenvalue weighted by molar-refractivity contribution is 5.93. The molecular formula is C17H20FN3O.